The van der Waals surface area contributed by atoms with Gasteiger partial charge in [-0.15, -0.1) is 0 Å². The molecule has 1 rings (SSSR count). The lowest BCUT2D eigenvalue weighted by Gasteiger charge is -2.30. The molecule has 2 N–H and O–H groups in total. The maximum atomic E-state index is 12.2. The van der Waals surface area contributed by atoms with Crippen LogP contribution >= 0.6 is 0 Å². The summed E-state index contributed by atoms with van der Waals surface area (Å²) in [6.07, 6.45) is 3.39. The fraction of sp³-hybridized carbons (Fsp3) is 0.938. The van der Waals surface area contributed by atoms with Crippen molar-refractivity contribution in [1.29, 1.82) is 0 Å². The molecule has 0 aromatic heterocycles. The van der Waals surface area contributed by atoms with E-state index < -0.39 is 0 Å². The second-order valence-corrected chi connectivity index (χ2v) is 6.70. The van der Waals surface area contributed by atoms with Gasteiger partial charge in [-0.2, -0.15) is 0 Å². The normalized spacial score (nSPS) is 24.2. The number of carbonyl (C=O) groups excluding carboxylic acids is 1. The van der Waals surface area contributed by atoms with Crippen LogP contribution in [0.5, 0.6) is 0 Å². The predicted molar refractivity (Wildman–Crippen MR) is 81.0 cm³/mol. The number of amides is 1. The van der Waals surface area contributed by atoms with Crippen LogP contribution in [-0.2, 0) is 4.79 Å². The Bertz CT molecular complexity index is 268. The molecule has 1 saturated heterocycles. The van der Waals surface area contributed by atoms with Crippen LogP contribution in [0.4, 0.5) is 0 Å². The minimum Gasteiger partial charge on any atom is -0.354 e. The van der Waals surface area contributed by atoms with Gasteiger partial charge in [0.05, 0.1) is 6.04 Å². The number of rotatable bonds is 6. The molecule has 3 nitrogen and oxygen atoms in total. The molecule has 1 heterocycles. The van der Waals surface area contributed by atoms with E-state index in [9.17, 15) is 4.79 Å². The Hall–Kier alpha value is -0.570. The smallest absolute Gasteiger partial charge is 0.237 e. The van der Waals surface area contributed by atoms with Gasteiger partial charge in [-0.3, -0.25) is 4.79 Å². The summed E-state index contributed by atoms with van der Waals surface area (Å²) < 4.78 is 0. The fourth-order valence-corrected chi connectivity index (χ4v) is 3.15. The van der Waals surface area contributed by atoms with Crippen LogP contribution in [0.25, 0.3) is 0 Å². The Labute approximate surface area is 118 Å². The molecule has 112 valence electrons. The van der Waals surface area contributed by atoms with Gasteiger partial charge >= 0.3 is 0 Å². The van der Waals surface area contributed by atoms with Gasteiger partial charge in [0.25, 0.3) is 0 Å². The van der Waals surface area contributed by atoms with Crippen LogP contribution in [0.3, 0.4) is 0 Å². The molecule has 0 aromatic rings. The minimum absolute atomic E-state index is 0.0266. The Balaban J connectivity index is 2.41. The topological polar surface area (TPSA) is 41.1 Å². The van der Waals surface area contributed by atoms with E-state index >= 15 is 0 Å². The van der Waals surface area contributed by atoms with Gasteiger partial charge in [-0.05, 0) is 43.1 Å². The lowest BCUT2D eigenvalue weighted by Crippen LogP contribution is -2.50. The summed E-state index contributed by atoms with van der Waals surface area (Å²) >= 11 is 0. The van der Waals surface area contributed by atoms with Gasteiger partial charge in [-0.1, -0.05) is 41.0 Å². The first-order chi connectivity index (χ1) is 8.95. The van der Waals surface area contributed by atoms with Crippen LogP contribution < -0.4 is 10.6 Å². The summed E-state index contributed by atoms with van der Waals surface area (Å²) in [6.45, 7) is 13.0. The van der Waals surface area contributed by atoms with Crippen LogP contribution in [0.2, 0.25) is 0 Å². The molecule has 1 aliphatic rings. The molecule has 0 spiro atoms. The number of carbonyl (C=O) groups is 1. The van der Waals surface area contributed by atoms with E-state index in [2.05, 4.69) is 45.3 Å². The van der Waals surface area contributed by atoms with E-state index in [0.717, 1.165) is 19.5 Å². The minimum atomic E-state index is 0.0266. The lowest BCUT2D eigenvalue weighted by molar-refractivity contribution is -0.124. The van der Waals surface area contributed by atoms with Gasteiger partial charge < -0.3 is 10.6 Å². The SMILES string of the molecule is CCC1CCNC(C(=O)NCC(C(C)C)C(C)C)C1. The van der Waals surface area contributed by atoms with Crippen LogP contribution in [0.15, 0.2) is 0 Å². The van der Waals surface area contributed by atoms with Crippen molar-refractivity contribution in [1.82, 2.24) is 10.6 Å². The van der Waals surface area contributed by atoms with Crippen molar-refractivity contribution in [3.05, 3.63) is 0 Å². The van der Waals surface area contributed by atoms with Crippen LogP contribution in [0, 0.1) is 23.7 Å². The third-order valence-electron chi connectivity index (χ3n) is 4.63. The van der Waals surface area contributed by atoms with Crippen molar-refractivity contribution < 1.29 is 4.79 Å². The number of hydrogen-bond acceptors (Lipinski definition) is 2. The molecule has 2 atom stereocenters. The third kappa shape index (κ3) is 5.13. The Morgan fingerprint density at radius 1 is 1.26 bits per heavy atom. The molecule has 2 unspecified atom stereocenters. The van der Waals surface area contributed by atoms with Gasteiger partial charge in [0.1, 0.15) is 0 Å². The van der Waals surface area contributed by atoms with Crippen molar-refractivity contribution in [2.75, 3.05) is 13.1 Å². The molecular formula is C16H32N2O. The van der Waals surface area contributed by atoms with Crippen molar-refractivity contribution in [3.8, 4) is 0 Å². The monoisotopic (exact) mass is 268 g/mol. The zero-order valence-corrected chi connectivity index (χ0v) is 13.3. The molecule has 0 saturated carbocycles. The second kappa shape index (κ2) is 7.88. The van der Waals surface area contributed by atoms with Crippen molar-refractivity contribution in [2.45, 2.75) is 59.9 Å². The van der Waals surface area contributed by atoms with Crippen molar-refractivity contribution >= 4 is 5.91 Å². The lowest BCUT2D eigenvalue weighted by atomic mass is 9.85. The average molecular weight is 268 g/mol. The maximum absolute atomic E-state index is 12.2. The zero-order chi connectivity index (χ0) is 14.4. The molecule has 0 radical (unpaired) electrons. The van der Waals surface area contributed by atoms with E-state index in [-0.39, 0.29) is 11.9 Å². The highest BCUT2D eigenvalue weighted by Crippen LogP contribution is 2.21. The van der Waals surface area contributed by atoms with Gasteiger partial charge in [-0.25, -0.2) is 0 Å². The molecule has 3 heteroatoms. The van der Waals surface area contributed by atoms with Gasteiger partial charge in [0.2, 0.25) is 5.91 Å². The van der Waals surface area contributed by atoms with E-state index in [1.807, 2.05) is 0 Å². The molecule has 0 bridgehead atoms. The molecule has 19 heavy (non-hydrogen) atoms. The molecule has 0 aromatic carbocycles. The third-order valence-corrected chi connectivity index (χ3v) is 4.63. The van der Waals surface area contributed by atoms with Crippen molar-refractivity contribution in [3.63, 3.8) is 0 Å². The summed E-state index contributed by atoms with van der Waals surface area (Å²) in [5.41, 5.74) is 0. The molecular weight excluding hydrogens is 236 g/mol. The summed E-state index contributed by atoms with van der Waals surface area (Å²) in [6, 6.07) is 0.0266. The summed E-state index contributed by atoms with van der Waals surface area (Å²) in [5.74, 6) is 2.70. The average Bonchev–Trinajstić information content (AvgIpc) is 2.38. The second-order valence-electron chi connectivity index (χ2n) is 6.70. The van der Waals surface area contributed by atoms with E-state index in [0.29, 0.717) is 23.7 Å². The Morgan fingerprint density at radius 2 is 1.89 bits per heavy atom. The number of nitrogens with one attached hydrogen (secondary N) is 2. The van der Waals surface area contributed by atoms with Gasteiger partial charge in [0.15, 0.2) is 0 Å². The van der Waals surface area contributed by atoms with E-state index in [1.54, 1.807) is 0 Å². The first kappa shape index (κ1) is 16.5. The first-order valence-electron chi connectivity index (χ1n) is 7.96. The summed E-state index contributed by atoms with van der Waals surface area (Å²) in [4.78, 5) is 12.2. The Morgan fingerprint density at radius 3 is 2.42 bits per heavy atom. The maximum Gasteiger partial charge on any atom is 0.237 e. The predicted octanol–water partition coefficient (Wildman–Crippen LogP) is 2.81. The quantitative estimate of drug-likeness (QED) is 0.778. The van der Waals surface area contributed by atoms with E-state index in [4.69, 9.17) is 0 Å². The standard InChI is InChI=1S/C16H32N2O/c1-6-13-7-8-17-15(9-13)16(19)18-10-14(11(2)3)12(4)5/h11-15,17H,6-10H2,1-5H3,(H,18,19). The first-order valence-corrected chi connectivity index (χ1v) is 7.96. The summed E-state index contributed by atoms with van der Waals surface area (Å²) in [7, 11) is 0. The van der Waals surface area contributed by atoms with Crippen LogP contribution in [-0.4, -0.2) is 25.0 Å². The highest BCUT2D eigenvalue weighted by atomic mass is 16.2. The highest BCUT2D eigenvalue weighted by molar-refractivity contribution is 5.81. The molecule has 1 fully saturated rings. The largest absolute Gasteiger partial charge is 0.354 e. The number of hydrogen-bond donors (Lipinski definition) is 2. The Kier molecular flexibility index (Phi) is 6.84. The fourth-order valence-electron chi connectivity index (χ4n) is 3.15. The van der Waals surface area contributed by atoms with E-state index in [1.165, 1.54) is 12.8 Å². The molecule has 0 aliphatic carbocycles. The van der Waals surface area contributed by atoms with Gasteiger partial charge in [0, 0.05) is 6.54 Å². The van der Waals surface area contributed by atoms with Crippen molar-refractivity contribution in [2.24, 2.45) is 23.7 Å². The summed E-state index contributed by atoms with van der Waals surface area (Å²) in [5, 5.41) is 6.51. The highest BCUT2D eigenvalue weighted by Gasteiger charge is 2.26. The number of piperidine rings is 1. The molecule has 1 aliphatic heterocycles. The zero-order valence-electron chi connectivity index (χ0n) is 13.3. The van der Waals surface area contributed by atoms with Crippen LogP contribution in [0.1, 0.15) is 53.9 Å². The molecule has 1 amide bonds.